The summed E-state index contributed by atoms with van der Waals surface area (Å²) < 4.78 is 9.97. The Kier molecular flexibility index (Phi) is 7.45. The first kappa shape index (κ1) is 21.8. The van der Waals surface area contributed by atoms with Crippen LogP contribution >= 0.6 is 11.9 Å². The predicted molar refractivity (Wildman–Crippen MR) is 103 cm³/mol. The summed E-state index contributed by atoms with van der Waals surface area (Å²) in [5.41, 5.74) is -0.185. The molecule has 7 heteroatoms. The van der Waals surface area contributed by atoms with Crippen molar-refractivity contribution in [2.75, 3.05) is 6.61 Å². The van der Waals surface area contributed by atoms with E-state index in [1.165, 1.54) is 0 Å². The summed E-state index contributed by atoms with van der Waals surface area (Å²) in [6.07, 6.45) is -1.74. The van der Waals surface area contributed by atoms with Crippen molar-refractivity contribution < 1.29 is 28.5 Å². The smallest absolute Gasteiger partial charge is 0.338 e. The van der Waals surface area contributed by atoms with Gasteiger partial charge in [0, 0.05) is 12.0 Å². The zero-order valence-electron chi connectivity index (χ0n) is 15.6. The number of carbonyl (C=O) groups is 3. The van der Waals surface area contributed by atoms with Gasteiger partial charge >= 0.3 is 5.97 Å². The molecular weight excluding hydrogens is 384 g/mol. The molecule has 0 aliphatic carbocycles. The number of ketones is 1. The first-order valence-electron chi connectivity index (χ1n) is 8.62. The van der Waals surface area contributed by atoms with Crippen LogP contribution in [0, 0.1) is 13.8 Å². The lowest BCUT2D eigenvalue weighted by Crippen LogP contribution is -2.53. The van der Waals surface area contributed by atoms with E-state index in [2.05, 4.69) is 0 Å². The van der Waals surface area contributed by atoms with Gasteiger partial charge in [-0.25, -0.2) is 4.79 Å². The third-order valence-electron chi connectivity index (χ3n) is 4.57. The number of halogens is 1. The molecule has 0 spiro atoms. The molecule has 0 aliphatic rings. The second kappa shape index (κ2) is 9.59. The van der Waals surface area contributed by atoms with Crippen LogP contribution in [0.2, 0.25) is 0 Å². The van der Waals surface area contributed by atoms with Gasteiger partial charge in [0.2, 0.25) is 0 Å². The monoisotopic (exact) mass is 404 g/mol. The van der Waals surface area contributed by atoms with Gasteiger partial charge in [0.25, 0.3) is 0 Å². The Bertz CT molecular complexity index is 865. The van der Waals surface area contributed by atoms with Crippen LogP contribution in [0.25, 0.3) is 0 Å². The van der Waals surface area contributed by atoms with Gasteiger partial charge in [0.15, 0.2) is 11.4 Å². The van der Waals surface area contributed by atoms with E-state index in [1.807, 2.05) is 0 Å². The average molecular weight is 405 g/mol. The molecule has 1 N–H and O–H groups in total. The number of esters is 1. The first-order chi connectivity index (χ1) is 13.4. The number of aliphatic hydroxyl groups is 1. The van der Waals surface area contributed by atoms with Crippen molar-refractivity contribution in [1.82, 2.24) is 0 Å². The van der Waals surface area contributed by atoms with Crippen molar-refractivity contribution in [3.8, 4) is 0 Å². The summed E-state index contributed by atoms with van der Waals surface area (Å²) in [6.45, 7) is 2.87. The molecule has 0 amide bonds. The number of hydrogen-bond donors (Lipinski definition) is 1. The van der Waals surface area contributed by atoms with Crippen molar-refractivity contribution in [2.45, 2.75) is 32.0 Å². The predicted octanol–water partition coefficient (Wildman–Crippen LogP) is 3.20. The lowest BCUT2D eigenvalue weighted by Gasteiger charge is -2.32. The van der Waals surface area contributed by atoms with E-state index >= 15 is 0 Å². The van der Waals surface area contributed by atoms with Crippen molar-refractivity contribution in [3.05, 3.63) is 70.8 Å². The lowest BCUT2D eigenvalue weighted by atomic mass is 9.84. The molecule has 2 aromatic rings. The van der Waals surface area contributed by atoms with Crippen molar-refractivity contribution in [1.29, 1.82) is 0 Å². The number of rotatable bonds is 9. The SMILES string of the molecule is Cc1ccccc1C(=O)OC[C@H](O)[C@@](CC=O)(OCl)C(=O)c1ccccc1C. The van der Waals surface area contributed by atoms with Gasteiger partial charge in [-0.2, -0.15) is 0 Å². The normalized spacial score (nSPS) is 14.0. The van der Waals surface area contributed by atoms with E-state index < -0.39 is 36.5 Å². The van der Waals surface area contributed by atoms with Gasteiger partial charge in [-0.1, -0.05) is 42.5 Å². The fourth-order valence-corrected chi connectivity index (χ4v) is 3.08. The Morgan fingerprint density at radius 3 is 2.11 bits per heavy atom. The lowest BCUT2D eigenvalue weighted by molar-refractivity contribution is -0.115. The first-order valence-corrected chi connectivity index (χ1v) is 8.93. The maximum atomic E-state index is 13.1. The molecule has 28 heavy (non-hydrogen) atoms. The summed E-state index contributed by atoms with van der Waals surface area (Å²) in [7, 11) is 0. The van der Waals surface area contributed by atoms with Crippen LogP contribution in [-0.4, -0.2) is 41.5 Å². The summed E-state index contributed by atoms with van der Waals surface area (Å²) >= 11 is 5.57. The van der Waals surface area contributed by atoms with Gasteiger partial charge in [-0.3, -0.25) is 9.08 Å². The van der Waals surface area contributed by atoms with Crippen LogP contribution in [0.4, 0.5) is 0 Å². The number of aliphatic hydroxyl groups excluding tert-OH is 1. The van der Waals surface area contributed by atoms with Gasteiger partial charge in [-0.05, 0) is 31.0 Å². The molecular formula is C21H21ClO6. The highest BCUT2D eigenvalue weighted by Crippen LogP contribution is 2.29. The fourth-order valence-electron chi connectivity index (χ4n) is 2.85. The Hall–Kier alpha value is -2.54. The summed E-state index contributed by atoms with van der Waals surface area (Å²) in [6, 6.07) is 13.4. The maximum Gasteiger partial charge on any atom is 0.338 e. The molecule has 148 valence electrons. The zero-order valence-corrected chi connectivity index (χ0v) is 16.3. The summed E-state index contributed by atoms with van der Waals surface area (Å²) in [5, 5.41) is 10.6. The van der Waals surface area contributed by atoms with Gasteiger partial charge < -0.3 is 14.6 Å². The highest BCUT2D eigenvalue weighted by molar-refractivity contribution is 6.12. The standard InChI is InChI=1S/C21H21ClO6/c1-14-7-3-5-9-16(14)19(25)21(28-22,11-12-23)18(24)13-27-20(26)17-10-6-4-8-15(17)2/h3-10,12,18,24H,11,13H2,1-2H3/t18-,21+/m0/s1. The molecule has 0 fully saturated rings. The van der Waals surface area contributed by atoms with Crippen LogP contribution in [0.1, 0.15) is 38.3 Å². The third kappa shape index (κ3) is 4.47. The second-order valence-corrected chi connectivity index (χ2v) is 6.56. The topological polar surface area (TPSA) is 89.9 Å². The minimum Gasteiger partial charge on any atom is -0.459 e. The second-order valence-electron chi connectivity index (χ2n) is 6.41. The van der Waals surface area contributed by atoms with E-state index in [0.29, 0.717) is 23.0 Å². The number of benzene rings is 2. The summed E-state index contributed by atoms with van der Waals surface area (Å²) in [4.78, 5) is 36.5. The Morgan fingerprint density at radius 1 is 1.07 bits per heavy atom. The highest BCUT2D eigenvalue weighted by Gasteiger charge is 2.48. The van der Waals surface area contributed by atoms with Crippen LogP contribution in [0.3, 0.4) is 0 Å². The molecule has 0 heterocycles. The van der Waals surface area contributed by atoms with Gasteiger partial charge in [0.05, 0.1) is 17.4 Å². The van der Waals surface area contributed by atoms with Crippen LogP contribution < -0.4 is 0 Å². The van der Waals surface area contributed by atoms with E-state index in [9.17, 15) is 19.5 Å². The van der Waals surface area contributed by atoms with Gasteiger partial charge in [0.1, 0.15) is 19.0 Å². The molecule has 0 aliphatic heterocycles. The molecule has 2 atom stereocenters. The van der Waals surface area contributed by atoms with Crippen LogP contribution in [0.15, 0.2) is 48.5 Å². The van der Waals surface area contributed by atoms with Gasteiger partial charge in [-0.15, -0.1) is 0 Å². The minimum absolute atomic E-state index is 0.245. The van der Waals surface area contributed by atoms with E-state index in [0.717, 1.165) is 0 Å². The number of aldehydes is 1. The molecule has 0 unspecified atom stereocenters. The zero-order chi connectivity index (χ0) is 20.7. The van der Waals surface area contributed by atoms with Crippen molar-refractivity contribution >= 4 is 29.9 Å². The molecule has 2 rings (SSSR count). The minimum atomic E-state index is -2.08. The maximum absolute atomic E-state index is 13.1. The molecule has 0 aromatic heterocycles. The molecule has 0 saturated heterocycles. The van der Waals surface area contributed by atoms with Crippen LogP contribution in [-0.2, 0) is 13.8 Å². The molecule has 0 saturated carbocycles. The number of ether oxygens (including phenoxy) is 1. The fraction of sp³-hybridized carbons (Fsp3) is 0.286. The van der Waals surface area contributed by atoms with Crippen molar-refractivity contribution in [3.63, 3.8) is 0 Å². The van der Waals surface area contributed by atoms with Crippen LogP contribution in [0.5, 0.6) is 0 Å². The molecule has 2 aromatic carbocycles. The molecule has 6 nitrogen and oxygen atoms in total. The van der Waals surface area contributed by atoms with E-state index in [1.54, 1.807) is 62.4 Å². The third-order valence-corrected chi connectivity index (χ3v) is 4.85. The quantitative estimate of drug-likeness (QED) is 0.392. The Morgan fingerprint density at radius 2 is 1.61 bits per heavy atom. The molecule has 0 bridgehead atoms. The highest BCUT2D eigenvalue weighted by atomic mass is 35.5. The summed E-state index contributed by atoms with van der Waals surface area (Å²) in [5.74, 6) is -1.35. The largest absolute Gasteiger partial charge is 0.459 e. The van der Waals surface area contributed by atoms with Crippen molar-refractivity contribution in [2.24, 2.45) is 0 Å². The van der Waals surface area contributed by atoms with E-state index in [4.69, 9.17) is 20.9 Å². The average Bonchev–Trinajstić information content (AvgIpc) is 2.70. The Balaban J connectivity index is 2.25. The molecule has 0 radical (unpaired) electrons. The number of aryl methyl sites for hydroxylation is 2. The number of hydrogen-bond acceptors (Lipinski definition) is 6. The van der Waals surface area contributed by atoms with E-state index in [-0.39, 0.29) is 5.56 Å². The Labute approximate surface area is 168 Å². The number of carbonyl (C=O) groups excluding carboxylic acids is 3. The number of Topliss-reactive ketones (excluding diaryl/α,β-unsaturated/α-hetero) is 1.